The number of likely N-dealkylation sites (tertiary alicyclic amines) is 1. The standard InChI is InChI=1S/C17H26ClN3O2S/c1-20(2)9-12-10-21(13-5-7-23-8-6-13)11-14(12)19-17(22)15-3-4-16(18)24-15/h3-4,12-14H,5-11H2,1-2H3,(H,19,22)/t12-,14-/m1/s1. The van der Waals surface area contributed by atoms with Crippen LogP contribution in [-0.4, -0.2) is 74.7 Å². The van der Waals surface area contributed by atoms with Gasteiger partial charge in [0, 0.05) is 50.8 Å². The summed E-state index contributed by atoms with van der Waals surface area (Å²) in [7, 11) is 4.18. The monoisotopic (exact) mass is 371 g/mol. The van der Waals surface area contributed by atoms with Crippen LogP contribution in [0.1, 0.15) is 22.5 Å². The zero-order chi connectivity index (χ0) is 17.1. The highest BCUT2D eigenvalue weighted by atomic mass is 35.5. The van der Waals surface area contributed by atoms with Crippen molar-refractivity contribution in [2.24, 2.45) is 5.92 Å². The van der Waals surface area contributed by atoms with Crippen molar-refractivity contribution in [3.05, 3.63) is 21.3 Å². The predicted octanol–water partition coefficient (Wildman–Crippen LogP) is 2.17. The van der Waals surface area contributed by atoms with Crippen LogP contribution in [0.2, 0.25) is 4.34 Å². The first kappa shape index (κ1) is 18.1. The van der Waals surface area contributed by atoms with Crippen molar-refractivity contribution in [3.63, 3.8) is 0 Å². The van der Waals surface area contributed by atoms with Crippen LogP contribution in [-0.2, 0) is 4.74 Å². The number of hydrogen-bond acceptors (Lipinski definition) is 5. The van der Waals surface area contributed by atoms with E-state index < -0.39 is 0 Å². The molecule has 3 rings (SSSR count). The molecule has 0 aliphatic carbocycles. The van der Waals surface area contributed by atoms with E-state index >= 15 is 0 Å². The van der Waals surface area contributed by atoms with Crippen LogP contribution in [0.5, 0.6) is 0 Å². The Morgan fingerprint density at radius 1 is 1.38 bits per heavy atom. The molecule has 2 aliphatic rings. The summed E-state index contributed by atoms with van der Waals surface area (Å²) in [6.45, 7) is 4.65. The number of ether oxygens (including phenoxy) is 1. The summed E-state index contributed by atoms with van der Waals surface area (Å²) in [5, 5.41) is 3.25. The third-order valence-corrected chi connectivity index (χ3v) is 6.12. The zero-order valence-corrected chi connectivity index (χ0v) is 15.9. The van der Waals surface area contributed by atoms with Gasteiger partial charge in [-0.25, -0.2) is 0 Å². The Hall–Kier alpha value is -0.660. The van der Waals surface area contributed by atoms with Gasteiger partial charge < -0.3 is 15.0 Å². The predicted molar refractivity (Wildman–Crippen MR) is 98.0 cm³/mol. The van der Waals surface area contributed by atoms with Gasteiger partial charge in [0.2, 0.25) is 0 Å². The van der Waals surface area contributed by atoms with E-state index in [0.29, 0.717) is 21.2 Å². The molecule has 2 aliphatic heterocycles. The lowest BCUT2D eigenvalue weighted by Gasteiger charge is -2.31. The molecule has 3 heterocycles. The van der Waals surface area contributed by atoms with E-state index in [-0.39, 0.29) is 11.9 Å². The summed E-state index contributed by atoms with van der Waals surface area (Å²) in [6.07, 6.45) is 2.19. The third-order valence-electron chi connectivity index (χ3n) is 4.89. The Balaban J connectivity index is 1.65. The molecule has 7 heteroatoms. The van der Waals surface area contributed by atoms with Gasteiger partial charge in [-0.3, -0.25) is 9.69 Å². The van der Waals surface area contributed by atoms with E-state index in [0.717, 1.165) is 45.7 Å². The highest BCUT2D eigenvalue weighted by Gasteiger charge is 2.37. The van der Waals surface area contributed by atoms with E-state index in [4.69, 9.17) is 16.3 Å². The van der Waals surface area contributed by atoms with Crippen LogP contribution in [0.25, 0.3) is 0 Å². The molecule has 1 aromatic rings. The Morgan fingerprint density at radius 3 is 2.75 bits per heavy atom. The lowest BCUT2D eigenvalue weighted by Crippen LogP contribution is -2.43. The van der Waals surface area contributed by atoms with Crippen molar-refractivity contribution in [2.75, 3.05) is 46.9 Å². The molecular weight excluding hydrogens is 346 g/mol. The molecule has 0 bridgehead atoms. The molecule has 2 atom stereocenters. The van der Waals surface area contributed by atoms with E-state index in [1.165, 1.54) is 11.3 Å². The molecule has 0 spiro atoms. The summed E-state index contributed by atoms with van der Waals surface area (Å²) in [6, 6.07) is 4.35. The van der Waals surface area contributed by atoms with Gasteiger partial charge in [-0.2, -0.15) is 0 Å². The normalized spacial score (nSPS) is 26.2. The first-order chi connectivity index (χ1) is 11.5. The maximum Gasteiger partial charge on any atom is 0.261 e. The molecule has 5 nitrogen and oxygen atoms in total. The minimum absolute atomic E-state index is 0.00511. The second kappa shape index (κ2) is 8.15. The molecule has 0 aromatic carbocycles. The molecule has 2 fully saturated rings. The number of carbonyl (C=O) groups excluding carboxylic acids is 1. The summed E-state index contributed by atoms with van der Waals surface area (Å²) < 4.78 is 6.14. The van der Waals surface area contributed by atoms with Gasteiger partial charge >= 0.3 is 0 Å². The number of carbonyl (C=O) groups is 1. The lowest BCUT2D eigenvalue weighted by atomic mass is 10.0. The van der Waals surface area contributed by atoms with Crippen molar-refractivity contribution in [1.29, 1.82) is 0 Å². The number of nitrogens with zero attached hydrogens (tertiary/aromatic N) is 2. The number of nitrogens with one attached hydrogen (secondary N) is 1. The minimum Gasteiger partial charge on any atom is -0.381 e. The number of rotatable bonds is 5. The SMILES string of the molecule is CN(C)C[C@@H]1CN(C2CCOCC2)C[C@H]1NC(=O)c1ccc(Cl)s1. The summed E-state index contributed by atoms with van der Waals surface area (Å²) >= 11 is 7.29. The van der Waals surface area contributed by atoms with Crippen LogP contribution in [0.15, 0.2) is 12.1 Å². The van der Waals surface area contributed by atoms with E-state index in [1.54, 1.807) is 12.1 Å². The Kier molecular flexibility index (Phi) is 6.16. The number of amides is 1. The van der Waals surface area contributed by atoms with Gasteiger partial charge in [0.1, 0.15) is 0 Å². The Morgan fingerprint density at radius 2 is 2.12 bits per heavy atom. The molecule has 1 amide bonds. The van der Waals surface area contributed by atoms with E-state index in [2.05, 4.69) is 29.2 Å². The molecule has 0 radical (unpaired) electrons. The first-order valence-corrected chi connectivity index (χ1v) is 9.75. The average molecular weight is 372 g/mol. The molecule has 0 unspecified atom stereocenters. The molecule has 2 saturated heterocycles. The zero-order valence-electron chi connectivity index (χ0n) is 14.3. The van der Waals surface area contributed by atoms with Gasteiger partial charge in [-0.15, -0.1) is 11.3 Å². The summed E-state index contributed by atoms with van der Waals surface area (Å²) in [5.74, 6) is 0.441. The number of hydrogen-bond donors (Lipinski definition) is 1. The van der Waals surface area contributed by atoms with Crippen molar-refractivity contribution in [1.82, 2.24) is 15.1 Å². The van der Waals surface area contributed by atoms with Crippen LogP contribution in [0.4, 0.5) is 0 Å². The van der Waals surface area contributed by atoms with Crippen LogP contribution < -0.4 is 5.32 Å². The quantitative estimate of drug-likeness (QED) is 0.861. The van der Waals surface area contributed by atoms with Gasteiger partial charge in [0.15, 0.2) is 0 Å². The van der Waals surface area contributed by atoms with Crippen LogP contribution in [0, 0.1) is 5.92 Å². The van der Waals surface area contributed by atoms with Gasteiger partial charge in [-0.05, 0) is 39.1 Å². The Labute approximate surface area is 152 Å². The lowest BCUT2D eigenvalue weighted by molar-refractivity contribution is 0.0403. The van der Waals surface area contributed by atoms with Gasteiger partial charge in [0.05, 0.1) is 9.21 Å². The molecule has 1 N–H and O–H groups in total. The summed E-state index contributed by atoms with van der Waals surface area (Å²) in [4.78, 5) is 18.0. The maximum absolute atomic E-state index is 12.5. The van der Waals surface area contributed by atoms with Crippen LogP contribution in [0.3, 0.4) is 0 Å². The number of halogens is 1. The maximum atomic E-state index is 12.5. The molecule has 0 saturated carbocycles. The topological polar surface area (TPSA) is 44.8 Å². The van der Waals surface area contributed by atoms with Gasteiger partial charge in [0.25, 0.3) is 5.91 Å². The summed E-state index contributed by atoms with van der Waals surface area (Å²) in [5.41, 5.74) is 0. The van der Waals surface area contributed by atoms with Crippen molar-refractivity contribution in [3.8, 4) is 0 Å². The highest BCUT2D eigenvalue weighted by molar-refractivity contribution is 7.17. The molecular formula is C17H26ClN3O2S. The van der Waals surface area contributed by atoms with E-state index in [9.17, 15) is 4.79 Å². The minimum atomic E-state index is -0.00511. The average Bonchev–Trinajstić information content (AvgIpc) is 3.15. The fourth-order valence-corrected chi connectivity index (χ4v) is 4.69. The van der Waals surface area contributed by atoms with Crippen molar-refractivity contribution < 1.29 is 9.53 Å². The van der Waals surface area contributed by atoms with E-state index in [1.807, 2.05) is 0 Å². The first-order valence-electron chi connectivity index (χ1n) is 8.55. The molecule has 1 aromatic heterocycles. The van der Waals surface area contributed by atoms with Crippen molar-refractivity contribution in [2.45, 2.75) is 24.9 Å². The highest BCUT2D eigenvalue weighted by Crippen LogP contribution is 2.26. The molecule has 24 heavy (non-hydrogen) atoms. The van der Waals surface area contributed by atoms with Crippen LogP contribution >= 0.6 is 22.9 Å². The fraction of sp³-hybridized carbons (Fsp3) is 0.706. The Bertz CT molecular complexity index is 560. The smallest absolute Gasteiger partial charge is 0.261 e. The number of thiophene rings is 1. The third kappa shape index (κ3) is 4.49. The fourth-order valence-electron chi connectivity index (χ4n) is 3.75. The molecule has 134 valence electrons. The largest absolute Gasteiger partial charge is 0.381 e. The second-order valence-electron chi connectivity index (χ2n) is 7.00. The van der Waals surface area contributed by atoms with Crippen molar-refractivity contribution >= 4 is 28.8 Å². The van der Waals surface area contributed by atoms with Gasteiger partial charge in [-0.1, -0.05) is 11.6 Å². The second-order valence-corrected chi connectivity index (χ2v) is 8.72.